The topological polar surface area (TPSA) is 77.5 Å². The molecule has 0 atom stereocenters. The van der Waals surface area contributed by atoms with Crippen LogP contribution in [0.1, 0.15) is 46.1 Å². The Morgan fingerprint density at radius 1 is 0.878 bits per heavy atom. The number of nitrogens with zero attached hydrogens (tertiary/aromatic N) is 2. The number of thiophene rings is 1. The molecule has 0 spiro atoms. The maximum absolute atomic E-state index is 13.8. The number of hydrogen-bond donors (Lipinski definition) is 0. The number of rotatable bonds is 17. The molecule has 0 unspecified atom stereocenters. The van der Waals surface area contributed by atoms with Crippen LogP contribution in [0.25, 0.3) is 0 Å². The summed E-state index contributed by atoms with van der Waals surface area (Å²) in [6, 6.07) is 14.9. The van der Waals surface area contributed by atoms with Gasteiger partial charge in [-0.05, 0) is 78.7 Å². The van der Waals surface area contributed by atoms with Crippen LogP contribution in [0.15, 0.2) is 53.9 Å². The summed E-state index contributed by atoms with van der Waals surface area (Å²) in [5.74, 6) is 1.69. The second kappa shape index (κ2) is 16.6. The third-order valence-corrected chi connectivity index (χ3v) is 7.83. The van der Waals surface area contributed by atoms with E-state index in [4.69, 9.17) is 18.9 Å². The number of aryl methyl sites for hydroxylation is 1. The number of carbonyl (C=O) groups is 2. The maximum atomic E-state index is 13.8. The number of benzene rings is 2. The van der Waals surface area contributed by atoms with Gasteiger partial charge in [0.2, 0.25) is 5.91 Å². The van der Waals surface area contributed by atoms with Crippen molar-refractivity contribution >= 4 is 23.2 Å². The van der Waals surface area contributed by atoms with Gasteiger partial charge in [-0.25, -0.2) is 0 Å². The summed E-state index contributed by atoms with van der Waals surface area (Å²) in [5.41, 5.74) is 2.67. The van der Waals surface area contributed by atoms with Gasteiger partial charge >= 0.3 is 0 Å². The number of unbranched alkanes of at least 4 members (excludes halogenated alkanes) is 1. The average molecular weight is 583 g/mol. The molecule has 2 aromatic carbocycles. The molecule has 0 aliphatic heterocycles. The lowest BCUT2D eigenvalue weighted by molar-refractivity contribution is -0.132. The molecule has 1 aromatic heterocycles. The lowest BCUT2D eigenvalue weighted by Gasteiger charge is -2.28. The Morgan fingerprint density at radius 3 is 2.27 bits per heavy atom. The third-order valence-electron chi connectivity index (χ3n) is 6.82. The molecule has 8 nitrogen and oxygen atoms in total. The van der Waals surface area contributed by atoms with Crippen LogP contribution in [0.5, 0.6) is 17.2 Å². The number of hydrogen-bond acceptors (Lipinski definition) is 7. The van der Waals surface area contributed by atoms with Crippen LogP contribution in [0.4, 0.5) is 0 Å². The second-order valence-electron chi connectivity index (χ2n) is 9.73. The first kappa shape index (κ1) is 32.0. The smallest absolute Gasteiger partial charge is 0.254 e. The van der Waals surface area contributed by atoms with E-state index in [-0.39, 0.29) is 18.4 Å². The van der Waals surface area contributed by atoms with Gasteiger partial charge in [0.1, 0.15) is 12.3 Å². The van der Waals surface area contributed by atoms with Crippen LogP contribution in [-0.2, 0) is 22.5 Å². The van der Waals surface area contributed by atoms with E-state index in [0.717, 1.165) is 34.6 Å². The highest BCUT2D eigenvalue weighted by atomic mass is 32.1. The van der Waals surface area contributed by atoms with E-state index in [1.165, 1.54) is 0 Å². The van der Waals surface area contributed by atoms with Gasteiger partial charge in [0, 0.05) is 30.6 Å². The standard InChI is InChI=1S/C32H42N2O6S/c1-6-7-18-40-27-11-9-26(10-12-27)32(36)34(17-19-37-3)23-31(35)33(22-30-24(2)15-20-41-30)16-14-25-8-13-28(38-4)29(21-25)39-5/h8-13,15,20-21H,6-7,14,16-19,22-23H2,1-5H3. The normalized spacial score (nSPS) is 10.8. The van der Waals surface area contributed by atoms with Crippen molar-refractivity contribution in [2.45, 2.75) is 39.7 Å². The van der Waals surface area contributed by atoms with Gasteiger partial charge in [0.05, 0.1) is 34.0 Å². The highest BCUT2D eigenvalue weighted by Gasteiger charge is 2.23. The Labute approximate surface area is 247 Å². The van der Waals surface area contributed by atoms with Gasteiger partial charge < -0.3 is 28.7 Å². The minimum Gasteiger partial charge on any atom is -0.494 e. The average Bonchev–Trinajstić information content (AvgIpc) is 3.40. The summed E-state index contributed by atoms with van der Waals surface area (Å²) in [6.45, 7) is 6.35. The van der Waals surface area contributed by atoms with E-state index in [1.54, 1.807) is 61.8 Å². The van der Waals surface area contributed by atoms with Gasteiger partial charge in [-0.15, -0.1) is 11.3 Å². The summed E-state index contributed by atoms with van der Waals surface area (Å²) < 4.78 is 21.8. The van der Waals surface area contributed by atoms with Crippen LogP contribution < -0.4 is 14.2 Å². The van der Waals surface area contributed by atoms with E-state index in [1.807, 2.05) is 35.4 Å². The molecule has 0 aliphatic carbocycles. The molecule has 3 aromatic rings. The zero-order chi connectivity index (χ0) is 29.6. The summed E-state index contributed by atoms with van der Waals surface area (Å²) in [6.07, 6.45) is 2.65. The Bertz CT molecular complexity index is 1240. The van der Waals surface area contributed by atoms with E-state index in [9.17, 15) is 9.59 Å². The molecule has 9 heteroatoms. The molecular formula is C32H42N2O6S. The molecule has 0 radical (unpaired) electrons. The molecule has 0 saturated heterocycles. The predicted molar refractivity (Wildman–Crippen MR) is 162 cm³/mol. The zero-order valence-corrected chi connectivity index (χ0v) is 25.6. The zero-order valence-electron chi connectivity index (χ0n) is 24.8. The first-order valence-corrected chi connectivity index (χ1v) is 14.8. The molecule has 1 heterocycles. The van der Waals surface area contributed by atoms with E-state index in [2.05, 4.69) is 13.0 Å². The lowest BCUT2D eigenvalue weighted by atomic mass is 10.1. The van der Waals surface area contributed by atoms with Gasteiger partial charge in [-0.2, -0.15) is 0 Å². The van der Waals surface area contributed by atoms with E-state index in [0.29, 0.717) is 56.3 Å². The van der Waals surface area contributed by atoms with Gasteiger partial charge in [0.25, 0.3) is 5.91 Å². The monoisotopic (exact) mass is 582 g/mol. The van der Waals surface area contributed by atoms with E-state index < -0.39 is 0 Å². The second-order valence-corrected chi connectivity index (χ2v) is 10.7. The molecule has 3 rings (SSSR count). The van der Waals surface area contributed by atoms with Crippen LogP contribution in [0.2, 0.25) is 0 Å². The minimum atomic E-state index is -0.220. The van der Waals surface area contributed by atoms with Crippen molar-refractivity contribution in [1.82, 2.24) is 9.80 Å². The molecule has 41 heavy (non-hydrogen) atoms. The summed E-state index contributed by atoms with van der Waals surface area (Å²) in [5, 5.41) is 2.03. The van der Waals surface area contributed by atoms with E-state index >= 15 is 0 Å². The van der Waals surface area contributed by atoms with Crippen molar-refractivity contribution in [3.63, 3.8) is 0 Å². The fraction of sp³-hybridized carbons (Fsp3) is 0.438. The fourth-order valence-electron chi connectivity index (χ4n) is 4.26. The van der Waals surface area contributed by atoms with Gasteiger partial charge in [-0.1, -0.05) is 19.4 Å². The molecule has 0 aliphatic rings. The van der Waals surface area contributed by atoms with Crippen molar-refractivity contribution in [3.8, 4) is 17.2 Å². The van der Waals surface area contributed by atoms with Crippen molar-refractivity contribution < 1.29 is 28.5 Å². The molecule has 0 bridgehead atoms. The highest BCUT2D eigenvalue weighted by molar-refractivity contribution is 7.10. The summed E-state index contributed by atoms with van der Waals surface area (Å²) in [7, 11) is 4.80. The molecule has 2 amide bonds. The Kier molecular flexibility index (Phi) is 13.0. The summed E-state index contributed by atoms with van der Waals surface area (Å²) >= 11 is 1.63. The molecule has 0 saturated carbocycles. The summed E-state index contributed by atoms with van der Waals surface area (Å²) in [4.78, 5) is 31.8. The minimum absolute atomic E-state index is 0.0483. The first-order chi connectivity index (χ1) is 19.9. The van der Waals surface area contributed by atoms with Gasteiger partial charge in [-0.3, -0.25) is 9.59 Å². The number of carbonyl (C=O) groups excluding carboxylic acids is 2. The molecule has 222 valence electrons. The van der Waals surface area contributed by atoms with Crippen LogP contribution >= 0.6 is 11.3 Å². The van der Waals surface area contributed by atoms with Crippen molar-refractivity contribution in [3.05, 3.63) is 75.5 Å². The molecular weight excluding hydrogens is 540 g/mol. The SMILES string of the molecule is CCCCOc1ccc(C(=O)N(CCOC)CC(=O)N(CCc2ccc(OC)c(OC)c2)Cc2sccc2C)cc1. The molecule has 0 fully saturated rings. The molecule has 0 N–H and O–H groups in total. The van der Waals surface area contributed by atoms with Crippen molar-refractivity contribution in [1.29, 1.82) is 0 Å². The Morgan fingerprint density at radius 2 is 1.63 bits per heavy atom. The highest BCUT2D eigenvalue weighted by Crippen LogP contribution is 2.28. The Balaban J connectivity index is 1.76. The number of ether oxygens (including phenoxy) is 4. The fourth-order valence-corrected chi connectivity index (χ4v) is 5.18. The predicted octanol–water partition coefficient (Wildman–Crippen LogP) is 5.61. The quantitative estimate of drug-likeness (QED) is 0.193. The number of methoxy groups -OCH3 is 3. The number of amides is 2. The van der Waals surface area contributed by atoms with Crippen LogP contribution in [0.3, 0.4) is 0 Å². The van der Waals surface area contributed by atoms with Crippen molar-refractivity contribution in [2.24, 2.45) is 0 Å². The maximum Gasteiger partial charge on any atom is 0.254 e. The Hall–Kier alpha value is -3.56. The van der Waals surface area contributed by atoms with Crippen LogP contribution in [0, 0.1) is 6.92 Å². The van der Waals surface area contributed by atoms with Crippen molar-refractivity contribution in [2.75, 3.05) is 54.2 Å². The third kappa shape index (κ3) is 9.50. The lowest BCUT2D eigenvalue weighted by Crippen LogP contribution is -2.44. The van der Waals surface area contributed by atoms with Gasteiger partial charge in [0.15, 0.2) is 11.5 Å². The first-order valence-electron chi connectivity index (χ1n) is 13.9. The van der Waals surface area contributed by atoms with Crippen LogP contribution in [-0.4, -0.2) is 75.8 Å². The largest absolute Gasteiger partial charge is 0.494 e.